The first kappa shape index (κ1) is 12.4. The van der Waals surface area contributed by atoms with E-state index < -0.39 is 6.04 Å². The van der Waals surface area contributed by atoms with Crippen LogP contribution in [0.1, 0.15) is 25.7 Å². The van der Waals surface area contributed by atoms with Crippen LogP contribution in [0.2, 0.25) is 0 Å². The number of carbonyl (C=O) groups is 2. The third kappa shape index (κ3) is 2.77. The molecule has 1 aliphatic heterocycles. The summed E-state index contributed by atoms with van der Waals surface area (Å²) in [5.41, 5.74) is 0. The van der Waals surface area contributed by atoms with E-state index in [1.807, 2.05) is 0 Å². The highest BCUT2D eigenvalue weighted by molar-refractivity contribution is 5.85. The molecule has 0 bridgehead atoms. The number of hydrogen-bond acceptors (Lipinski definition) is 4. The average molecular weight is 241 g/mol. The Morgan fingerprint density at radius 1 is 1.41 bits per heavy atom. The van der Waals surface area contributed by atoms with Gasteiger partial charge >= 0.3 is 5.97 Å². The minimum atomic E-state index is -0.554. The van der Waals surface area contributed by atoms with Crippen LogP contribution in [-0.4, -0.2) is 49.7 Å². The standard InChI is InChI=1S/C12H19NO4/c1-16-12(15)10-8-17-6-5-13(10)11(14)7-9-3-2-4-9/h9-10H,2-8H2,1H3. The molecule has 2 rings (SSSR count). The lowest BCUT2D eigenvalue weighted by Gasteiger charge is -2.35. The van der Waals surface area contributed by atoms with Crippen molar-refractivity contribution < 1.29 is 19.1 Å². The minimum absolute atomic E-state index is 0.0633. The Kier molecular flexibility index (Phi) is 3.99. The molecule has 1 saturated carbocycles. The van der Waals surface area contributed by atoms with Crippen molar-refractivity contribution >= 4 is 11.9 Å². The number of ether oxygens (including phenoxy) is 2. The Bertz CT molecular complexity index is 301. The topological polar surface area (TPSA) is 55.8 Å². The van der Waals surface area contributed by atoms with Crippen LogP contribution >= 0.6 is 0 Å². The fourth-order valence-electron chi connectivity index (χ4n) is 2.29. The maximum Gasteiger partial charge on any atom is 0.331 e. The maximum absolute atomic E-state index is 12.1. The Labute approximate surface area is 101 Å². The molecule has 1 atom stereocenters. The molecular formula is C12H19NO4. The van der Waals surface area contributed by atoms with E-state index in [4.69, 9.17) is 9.47 Å². The van der Waals surface area contributed by atoms with Crippen molar-refractivity contribution in [1.29, 1.82) is 0 Å². The number of carbonyl (C=O) groups excluding carboxylic acids is 2. The fourth-order valence-corrected chi connectivity index (χ4v) is 2.29. The van der Waals surface area contributed by atoms with Crippen molar-refractivity contribution in [2.45, 2.75) is 31.7 Å². The van der Waals surface area contributed by atoms with E-state index in [2.05, 4.69) is 0 Å². The highest BCUT2D eigenvalue weighted by atomic mass is 16.5. The summed E-state index contributed by atoms with van der Waals surface area (Å²) < 4.78 is 9.94. The van der Waals surface area contributed by atoms with Gasteiger partial charge in [0, 0.05) is 13.0 Å². The van der Waals surface area contributed by atoms with Gasteiger partial charge in [0.1, 0.15) is 0 Å². The first-order valence-corrected chi connectivity index (χ1v) is 6.17. The third-order valence-corrected chi connectivity index (χ3v) is 3.61. The van der Waals surface area contributed by atoms with Gasteiger partial charge in [0.25, 0.3) is 0 Å². The zero-order valence-corrected chi connectivity index (χ0v) is 10.2. The van der Waals surface area contributed by atoms with Crippen LogP contribution in [-0.2, 0) is 19.1 Å². The van der Waals surface area contributed by atoms with Crippen LogP contribution in [0.25, 0.3) is 0 Å². The zero-order valence-electron chi connectivity index (χ0n) is 10.2. The molecule has 1 heterocycles. The Hall–Kier alpha value is -1.10. The molecule has 5 heteroatoms. The second kappa shape index (κ2) is 5.49. The molecule has 1 aliphatic carbocycles. The largest absolute Gasteiger partial charge is 0.467 e. The first-order valence-electron chi connectivity index (χ1n) is 6.17. The highest BCUT2D eigenvalue weighted by Crippen LogP contribution is 2.30. The molecule has 1 unspecified atom stereocenters. The first-order chi connectivity index (χ1) is 8.22. The SMILES string of the molecule is COC(=O)C1COCCN1C(=O)CC1CCC1. The molecule has 1 saturated heterocycles. The van der Waals surface area contributed by atoms with Gasteiger partial charge in [-0.25, -0.2) is 4.79 Å². The summed E-state index contributed by atoms with van der Waals surface area (Å²) in [7, 11) is 1.34. The lowest BCUT2D eigenvalue weighted by Crippen LogP contribution is -2.53. The van der Waals surface area contributed by atoms with Crippen LogP contribution in [0.4, 0.5) is 0 Å². The minimum Gasteiger partial charge on any atom is -0.467 e. The lowest BCUT2D eigenvalue weighted by atomic mass is 9.82. The van der Waals surface area contributed by atoms with Crippen molar-refractivity contribution in [2.75, 3.05) is 26.9 Å². The third-order valence-electron chi connectivity index (χ3n) is 3.61. The van der Waals surface area contributed by atoms with E-state index in [0.29, 0.717) is 25.5 Å². The number of methoxy groups -OCH3 is 1. The summed E-state index contributed by atoms with van der Waals surface area (Å²) in [5.74, 6) is 0.198. The summed E-state index contributed by atoms with van der Waals surface area (Å²) in [6.07, 6.45) is 4.06. The normalized spacial score (nSPS) is 25.2. The summed E-state index contributed by atoms with van der Waals surface area (Å²) in [4.78, 5) is 25.3. The fraction of sp³-hybridized carbons (Fsp3) is 0.833. The van der Waals surface area contributed by atoms with Gasteiger partial charge in [-0.1, -0.05) is 6.42 Å². The van der Waals surface area contributed by atoms with Gasteiger partial charge in [0.05, 0.1) is 20.3 Å². The number of amides is 1. The second-order valence-electron chi connectivity index (χ2n) is 4.70. The van der Waals surface area contributed by atoms with Crippen LogP contribution in [0.5, 0.6) is 0 Å². The van der Waals surface area contributed by atoms with Crippen molar-refractivity contribution in [2.24, 2.45) is 5.92 Å². The van der Waals surface area contributed by atoms with Crippen LogP contribution in [0, 0.1) is 5.92 Å². The van der Waals surface area contributed by atoms with E-state index in [1.165, 1.54) is 13.5 Å². The molecule has 0 aromatic heterocycles. The molecular weight excluding hydrogens is 222 g/mol. The second-order valence-corrected chi connectivity index (χ2v) is 4.70. The average Bonchev–Trinajstić information content (AvgIpc) is 2.32. The van der Waals surface area contributed by atoms with Gasteiger partial charge < -0.3 is 14.4 Å². The van der Waals surface area contributed by atoms with Crippen molar-refractivity contribution in [3.8, 4) is 0 Å². The molecule has 96 valence electrons. The molecule has 0 spiro atoms. The number of esters is 1. The molecule has 0 radical (unpaired) electrons. The maximum atomic E-state index is 12.1. The van der Waals surface area contributed by atoms with E-state index in [-0.39, 0.29) is 18.5 Å². The van der Waals surface area contributed by atoms with Gasteiger partial charge in [-0.05, 0) is 18.8 Å². The van der Waals surface area contributed by atoms with Crippen molar-refractivity contribution in [3.05, 3.63) is 0 Å². The van der Waals surface area contributed by atoms with Gasteiger partial charge in [0.2, 0.25) is 5.91 Å². The van der Waals surface area contributed by atoms with Crippen LogP contribution in [0.3, 0.4) is 0 Å². The molecule has 2 aliphatic rings. The summed E-state index contributed by atoms with van der Waals surface area (Å²) in [6.45, 7) is 1.25. The Morgan fingerprint density at radius 3 is 2.76 bits per heavy atom. The van der Waals surface area contributed by atoms with Gasteiger partial charge in [-0.3, -0.25) is 4.79 Å². The van der Waals surface area contributed by atoms with E-state index in [9.17, 15) is 9.59 Å². The quantitative estimate of drug-likeness (QED) is 0.678. The summed E-state index contributed by atoms with van der Waals surface area (Å²) >= 11 is 0. The van der Waals surface area contributed by atoms with Crippen LogP contribution in [0.15, 0.2) is 0 Å². The Morgan fingerprint density at radius 2 is 2.18 bits per heavy atom. The smallest absolute Gasteiger partial charge is 0.331 e. The predicted molar refractivity (Wildman–Crippen MR) is 60.3 cm³/mol. The van der Waals surface area contributed by atoms with Crippen LogP contribution < -0.4 is 0 Å². The van der Waals surface area contributed by atoms with E-state index in [0.717, 1.165) is 12.8 Å². The summed E-state index contributed by atoms with van der Waals surface area (Å²) in [5, 5.41) is 0. The number of morpholine rings is 1. The number of hydrogen-bond donors (Lipinski definition) is 0. The van der Waals surface area contributed by atoms with Crippen molar-refractivity contribution in [3.63, 3.8) is 0 Å². The van der Waals surface area contributed by atoms with Gasteiger partial charge in [-0.2, -0.15) is 0 Å². The molecule has 1 amide bonds. The number of rotatable bonds is 3. The van der Waals surface area contributed by atoms with Crippen molar-refractivity contribution in [1.82, 2.24) is 4.90 Å². The van der Waals surface area contributed by atoms with E-state index in [1.54, 1.807) is 4.90 Å². The van der Waals surface area contributed by atoms with Gasteiger partial charge in [-0.15, -0.1) is 0 Å². The monoisotopic (exact) mass is 241 g/mol. The highest BCUT2D eigenvalue weighted by Gasteiger charge is 2.34. The lowest BCUT2D eigenvalue weighted by molar-refractivity contribution is -0.161. The van der Waals surface area contributed by atoms with Gasteiger partial charge in [0.15, 0.2) is 6.04 Å². The predicted octanol–water partition coefficient (Wildman–Crippen LogP) is 0.577. The summed E-state index contributed by atoms with van der Waals surface area (Å²) in [6, 6.07) is -0.554. The molecule has 0 aromatic rings. The molecule has 0 N–H and O–H groups in total. The number of nitrogens with zero attached hydrogens (tertiary/aromatic N) is 1. The zero-order chi connectivity index (χ0) is 12.3. The molecule has 17 heavy (non-hydrogen) atoms. The Balaban J connectivity index is 1.94. The molecule has 5 nitrogen and oxygen atoms in total. The molecule has 0 aromatic carbocycles. The van der Waals surface area contributed by atoms with E-state index >= 15 is 0 Å². The molecule has 2 fully saturated rings.